The molecule has 4 amide bonds. The van der Waals surface area contributed by atoms with Gasteiger partial charge in [0.1, 0.15) is 40.5 Å². The van der Waals surface area contributed by atoms with Gasteiger partial charge in [0.25, 0.3) is 11.8 Å². The number of aliphatic imine (C=N–C) groups is 1. The Morgan fingerprint density at radius 1 is 0.733 bits per heavy atom. The second-order valence-electron chi connectivity index (χ2n) is 20.5. The molecule has 0 bridgehead atoms. The van der Waals surface area contributed by atoms with E-state index in [1.165, 1.54) is 54.0 Å². The molecule has 15 nitrogen and oxygen atoms in total. The van der Waals surface area contributed by atoms with E-state index >= 15 is 4.39 Å². The topological polar surface area (TPSA) is 203 Å². The Morgan fingerprint density at radius 3 is 1.67 bits per heavy atom. The maximum absolute atomic E-state index is 15.6. The van der Waals surface area contributed by atoms with Crippen LogP contribution in [0.3, 0.4) is 0 Å². The third-order valence-corrected chi connectivity index (χ3v) is 13.6. The second kappa shape index (κ2) is 32.8. The van der Waals surface area contributed by atoms with Gasteiger partial charge in [-0.1, -0.05) is 112 Å². The zero-order valence-electron chi connectivity index (χ0n) is 50.0. The van der Waals surface area contributed by atoms with Crippen molar-refractivity contribution < 1.29 is 70.0 Å². The molecule has 0 fully saturated rings. The first-order chi connectivity index (χ1) is 40.9. The number of benzene rings is 6. The van der Waals surface area contributed by atoms with Gasteiger partial charge in [-0.25, -0.2) is 22.5 Å². The number of nitrogens with one attached hydrogen (secondary N) is 5. The van der Waals surface area contributed by atoms with E-state index in [-0.39, 0.29) is 97.6 Å². The van der Waals surface area contributed by atoms with Crippen LogP contribution in [-0.2, 0) is 36.1 Å². The SMILES string of the molecule is CC(C)(C)C(=O)NCc1ccc(Cl)c(N=CC=S)c1F.CCOc1cc(NC)c(N)cc1C(=O)Nc1ccc(F)c(Cl)c1.CCOc1cc2c(cc1C(=O)Nc1ccc(F)c(Cl)c1)nc(Cc1c(Cl)ccc(CNC(=O)C(C)(C)C)c1F)n2C.[2HH].[2H][I-]C. The zero-order chi connectivity index (χ0) is 65.1. The fourth-order valence-electron chi connectivity index (χ4n) is 7.62. The van der Waals surface area contributed by atoms with Gasteiger partial charge < -0.3 is 46.4 Å². The molecule has 1 heterocycles. The molecule has 6 aromatic carbocycles. The summed E-state index contributed by atoms with van der Waals surface area (Å²) in [4.78, 5) is 60.1. The number of amides is 4. The van der Waals surface area contributed by atoms with Crippen molar-refractivity contribution >= 4 is 133 Å². The molecule has 7 N–H and O–H groups in total. The standard InChI is InChI=1S/C30H30Cl2F2N4O3.C16H17ClFN3O2.C14H16ClFN2OS.CH4I.H2/c1-6-41-25-14-24-23(12-19(25)28(39)36-17-8-10-22(33)21(32)11-17)37-26(38(24)5)13-18-20(31)9-7-16(27(18)34)15-35-29(40)30(2,3)4;1-3-23-15-8-14(20-2)13(19)7-10(15)16(22)21-9-4-5-12(18)11(17)6-9;1-14(2,3)13(19)18-8-9-4-5-10(15)12(11(9)16)17-6-7-20;1-2;/h7-12,14H,6,13,15H2,1-5H3,(H,35,40)(H,36,39);4-8,20H,3,19H2,1-2H3,(H,21,22);4-7H,8H2,1-3H3,(H,18,19);2H,1H3;1H/q;;;-1;/i;;;2D;1+1. The molecule has 25 heteroatoms. The number of hydrogen-bond donors (Lipinski definition) is 6. The van der Waals surface area contributed by atoms with Crippen molar-refractivity contribution in [1.82, 2.24) is 20.2 Å². The van der Waals surface area contributed by atoms with E-state index in [4.69, 9.17) is 62.2 Å². The van der Waals surface area contributed by atoms with Crippen molar-refractivity contribution in [3.05, 3.63) is 162 Å². The third-order valence-electron chi connectivity index (χ3n) is 12.2. The van der Waals surface area contributed by atoms with Crippen LogP contribution in [-0.4, -0.2) is 70.5 Å². The average Bonchev–Trinajstić information content (AvgIpc) is 1.65. The molecule has 0 spiro atoms. The van der Waals surface area contributed by atoms with E-state index in [1.807, 2.05) is 11.9 Å². The van der Waals surface area contributed by atoms with Crippen molar-refractivity contribution in [2.45, 2.75) is 74.9 Å². The van der Waals surface area contributed by atoms with Gasteiger partial charge >= 0.3 is 27.9 Å². The summed E-state index contributed by atoms with van der Waals surface area (Å²) in [6, 6.07) is 20.5. The summed E-state index contributed by atoms with van der Waals surface area (Å²) in [7, 11) is 3.50. The summed E-state index contributed by atoms with van der Waals surface area (Å²) in [6.07, 6.45) is 1.35. The number of alkyl halides is 1. The predicted octanol–water partition coefficient (Wildman–Crippen LogP) is 11.8. The molecular formula is C61H69Cl4F4IN9O6S-. The van der Waals surface area contributed by atoms with Gasteiger partial charge in [-0.2, -0.15) is 0 Å². The number of aromatic nitrogens is 2. The molecule has 0 aliphatic rings. The molecule has 0 radical (unpaired) electrons. The number of nitrogens with two attached hydrogens (primary N) is 1. The normalized spacial score (nSPS) is 11.2. The number of ether oxygens (including phenoxy) is 2. The van der Waals surface area contributed by atoms with Crippen LogP contribution in [0.5, 0.6) is 11.5 Å². The predicted molar refractivity (Wildman–Crippen MR) is 342 cm³/mol. The number of carbonyl (C=O) groups excluding carboxylic acids is 4. The molecule has 0 saturated carbocycles. The number of nitrogen functional groups attached to an aromatic ring is 1. The summed E-state index contributed by atoms with van der Waals surface area (Å²) in [5, 5.41) is 15.2. The number of nitrogens with zero attached hydrogens (tertiary/aromatic N) is 3. The van der Waals surface area contributed by atoms with Crippen molar-refractivity contribution in [1.29, 1.82) is 0.594 Å². The zero-order valence-corrected chi connectivity index (χ0v) is 54.9. The second-order valence-corrected chi connectivity index (χ2v) is 22.4. The van der Waals surface area contributed by atoms with E-state index in [1.54, 1.807) is 104 Å². The molecule has 0 aliphatic carbocycles. The van der Waals surface area contributed by atoms with Gasteiger partial charge in [0.05, 0.1) is 61.8 Å². The van der Waals surface area contributed by atoms with Gasteiger partial charge in [-0.15, -0.1) is 0 Å². The van der Waals surface area contributed by atoms with Gasteiger partial charge in [0.2, 0.25) is 11.8 Å². The quantitative estimate of drug-likeness (QED) is 0.0127. The Bertz CT molecular complexity index is 3670. The van der Waals surface area contributed by atoms with E-state index in [9.17, 15) is 32.3 Å². The van der Waals surface area contributed by atoms with Crippen LogP contribution in [0, 0.1) is 34.1 Å². The fraction of sp³-hybridized carbons (Fsp3) is 0.295. The van der Waals surface area contributed by atoms with Crippen LogP contribution in [0.25, 0.3) is 11.0 Å². The molecule has 86 heavy (non-hydrogen) atoms. The summed E-state index contributed by atoms with van der Waals surface area (Å²) < 4.78 is 75.8. The first-order valence-electron chi connectivity index (χ1n) is 26.6. The minimum atomic E-state index is -0.610. The number of hydrogen-bond acceptors (Lipinski definition) is 11. The van der Waals surface area contributed by atoms with Crippen molar-refractivity contribution in [2.75, 3.05) is 46.9 Å². The van der Waals surface area contributed by atoms with E-state index in [0.717, 1.165) is 6.07 Å². The first-order valence-corrected chi connectivity index (χ1v) is 30.4. The fourth-order valence-corrected chi connectivity index (χ4v) is 8.45. The number of fused-ring (bicyclic) bond motifs is 1. The van der Waals surface area contributed by atoms with Crippen LogP contribution in [0.4, 0.5) is 46.0 Å². The molecule has 0 atom stereocenters. The molecule has 0 saturated heterocycles. The number of thiocarbonyl (C=S) groups is 1. The number of halogens is 9. The Labute approximate surface area is 538 Å². The van der Waals surface area contributed by atoms with Crippen molar-refractivity contribution in [2.24, 2.45) is 22.9 Å². The minimum absolute atomic E-state index is 0. The monoisotopic (exact) mass is 1400 g/mol. The molecule has 0 unspecified atom stereocenters. The number of aryl methyl sites for hydroxylation is 1. The van der Waals surface area contributed by atoms with Crippen LogP contribution in [0.2, 0.25) is 20.1 Å². The van der Waals surface area contributed by atoms with Gasteiger partial charge in [0, 0.05) is 103 Å². The molecule has 464 valence electrons. The van der Waals surface area contributed by atoms with Crippen molar-refractivity contribution in [3.63, 3.8) is 0 Å². The first kappa shape index (κ1) is 70.0. The molecule has 0 aliphatic heterocycles. The molecular weight excluding hydrogens is 1330 g/mol. The van der Waals surface area contributed by atoms with E-state index < -0.39 is 45.9 Å². The summed E-state index contributed by atoms with van der Waals surface area (Å²) in [5.41, 5.74) is 9.06. The Balaban J connectivity index is 0.000000365. The average molecular weight is 1400 g/mol. The van der Waals surface area contributed by atoms with E-state index in [0.29, 0.717) is 75.4 Å². The van der Waals surface area contributed by atoms with E-state index in [2.05, 4.69) is 48.8 Å². The van der Waals surface area contributed by atoms with Crippen LogP contribution < -0.4 is 64.2 Å². The van der Waals surface area contributed by atoms with Crippen LogP contribution in [0.1, 0.15) is 100 Å². The molecule has 7 rings (SSSR count). The number of rotatable bonds is 17. The number of carbonyl (C=O) groups is 4. The van der Waals surface area contributed by atoms with Crippen LogP contribution >= 0.6 is 58.6 Å². The molecule has 1 aromatic heterocycles. The van der Waals surface area contributed by atoms with Crippen LogP contribution in [0.15, 0.2) is 89.9 Å². The van der Waals surface area contributed by atoms with Gasteiger partial charge in [0.15, 0.2) is 5.82 Å². The Hall–Kier alpha value is -6.76. The maximum atomic E-state index is 15.6. The Kier molecular flexibility index (Phi) is 26.7. The van der Waals surface area contributed by atoms with Gasteiger partial charge in [-0.05, 0) is 74.5 Å². The summed E-state index contributed by atoms with van der Waals surface area (Å²) in [5.74, 6) is -2.28. The number of imidazole rings is 1. The summed E-state index contributed by atoms with van der Waals surface area (Å²) in [6.45, 7) is 15.1. The number of anilines is 4. The molecule has 7 aromatic rings. The summed E-state index contributed by atoms with van der Waals surface area (Å²) >= 11 is 28.3. The third kappa shape index (κ3) is 19.6. The van der Waals surface area contributed by atoms with Gasteiger partial charge in [-0.3, -0.25) is 24.2 Å². The Morgan fingerprint density at radius 2 is 1.21 bits per heavy atom. The van der Waals surface area contributed by atoms with Crippen molar-refractivity contribution in [3.8, 4) is 11.5 Å².